The first-order chi connectivity index (χ1) is 6.66. The van der Waals surface area contributed by atoms with E-state index in [-0.39, 0.29) is 0 Å². The lowest BCUT2D eigenvalue weighted by molar-refractivity contribution is 0.426. The Bertz CT molecular complexity index is 475. The highest BCUT2D eigenvalue weighted by Gasteiger charge is 2.11. The lowest BCUT2D eigenvalue weighted by atomic mass is 9.80. The fourth-order valence-corrected chi connectivity index (χ4v) is 1.28. The van der Waals surface area contributed by atoms with Crippen LogP contribution in [0.5, 0.6) is 0 Å². The van der Waals surface area contributed by atoms with Gasteiger partial charge in [-0.3, -0.25) is 4.98 Å². The number of pyridine rings is 1. The summed E-state index contributed by atoms with van der Waals surface area (Å²) in [5.41, 5.74) is 0.945. The minimum Gasteiger partial charge on any atom is -0.423 e. The maximum atomic E-state index is 12.8. The molecule has 1 heterocycles. The number of nitrogens with zero attached hydrogens (tertiary/aromatic N) is 1. The molecule has 0 radical (unpaired) electrons. The molecule has 1 aromatic carbocycles. The Kier molecular flexibility index (Phi) is 2.19. The van der Waals surface area contributed by atoms with Gasteiger partial charge in [0, 0.05) is 5.39 Å². The molecule has 14 heavy (non-hydrogen) atoms. The Balaban J connectivity index is 2.63. The molecule has 1 aromatic heterocycles. The normalized spacial score (nSPS) is 10.5. The first-order valence-electron chi connectivity index (χ1n) is 4.08. The molecule has 0 saturated carbocycles. The van der Waals surface area contributed by atoms with E-state index < -0.39 is 12.9 Å². The van der Waals surface area contributed by atoms with Crippen molar-refractivity contribution in [1.82, 2.24) is 4.98 Å². The second-order valence-corrected chi connectivity index (χ2v) is 2.98. The number of benzene rings is 1. The lowest BCUT2D eigenvalue weighted by Gasteiger charge is -2.01. The lowest BCUT2D eigenvalue weighted by Crippen LogP contribution is -2.29. The zero-order chi connectivity index (χ0) is 10.1. The summed E-state index contributed by atoms with van der Waals surface area (Å²) in [6.45, 7) is 0. The molecule has 5 heteroatoms. The average molecular weight is 191 g/mol. The molecule has 3 nitrogen and oxygen atoms in total. The summed E-state index contributed by atoms with van der Waals surface area (Å²) < 4.78 is 12.8. The monoisotopic (exact) mass is 191 g/mol. The van der Waals surface area contributed by atoms with Crippen molar-refractivity contribution < 1.29 is 14.4 Å². The van der Waals surface area contributed by atoms with Crippen LogP contribution in [0.4, 0.5) is 4.39 Å². The molecule has 0 spiro atoms. The Morgan fingerprint density at radius 3 is 2.71 bits per heavy atom. The third-order valence-corrected chi connectivity index (χ3v) is 1.97. The molecular weight excluding hydrogens is 184 g/mol. The second kappa shape index (κ2) is 3.36. The smallest absolute Gasteiger partial charge is 0.423 e. The third-order valence-electron chi connectivity index (χ3n) is 1.97. The largest absolute Gasteiger partial charge is 0.488 e. The van der Waals surface area contributed by atoms with Crippen molar-refractivity contribution >= 4 is 23.5 Å². The van der Waals surface area contributed by atoms with Gasteiger partial charge in [-0.05, 0) is 17.6 Å². The van der Waals surface area contributed by atoms with Crippen LogP contribution in [0.25, 0.3) is 10.9 Å². The van der Waals surface area contributed by atoms with Gasteiger partial charge in [-0.1, -0.05) is 12.1 Å². The topological polar surface area (TPSA) is 53.4 Å². The fraction of sp³-hybridized carbons (Fsp3) is 0. The predicted molar refractivity (Wildman–Crippen MR) is 51.5 cm³/mol. The van der Waals surface area contributed by atoms with Gasteiger partial charge >= 0.3 is 7.12 Å². The highest BCUT2D eigenvalue weighted by molar-refractivity contribution is 6.58. The molecule has 0 aliphatic rings. The molecule has 0 unspecified atom stereocenters. The predicted octanol–water partition coefficient (Wildman–Crippen LogP) is 0.0537. The highest BCUT2D eigenvalue weighted by atomic mass is 19.1. The van der Waals surface area contributed by atoms with Crippen molar-refractivity contribution in [2.75, 3.05) is 0 Å². The van der Waals surface area contributed by atoms with Gasteiger partial charge in [-0.15, -0.1) is 0 Å². The van der Waals surface area contributed by atoms with Gasteiger partial charge in [0.2, 0.25) is 0 Å². The molecule has 0 atom stereocenters. The molecule has 70 valence electrons. The van der Waals surface area contributed by atoms with Crippen molar-refractivity contribution in [3.8, 4) is 0 Å². The molecular formula is C9H7BFNO2. The number of aromatic nitrogens is 1. The van der Waals surface area contributed by atoms with E-state index in [9.17, 15) is 4.39 Å². The van der Waals surface area contributed by atoms with E-state index in [0.717, 1.165) is 6.20 Å². The molecule has 2 rings (SSSR count). The highest BCUT2D eigenvalue weighted by Crippen LogP contribution is 2.10. The number of hydrogen-bond acceptors (Lipinski definition) is 3. The Labute approximate surface area is 80.0 Å². The van der Waals surface area contributed by atoms with Crippen LogP contribution in [0, 0.1) is 5.82 Å². The number of fused-ring (bicyclic) bond motifs is 1. The third kappa shape index (κ3) is 1.59. The summed E-state index contributed by atoms with van der Waals surface area (Å²) in [6, 6.07) is 5.95. The van der Waals surface area contributed by atoms with Crippen LogP contribution in [0.3, 0.4) is 0 Å². The summed E-state index contributed by atoms with van der Waals surface area (Å²) in [5.74, 6) is -0.443. The molecule has 0 aliphatic heterocycles. The van der Waals surface area contributed by atoms with Crippen LogP contribution in [0.15, 0.2) is 30.5 Å². The standard InChI is InChI=1S/C9H7BFNO2/c11-8-4-6-3-7(10(13)14)1-2-9(6)12-5-8/h1-5,13-14H. The molecule has 0 bridgehead atoms. The van der Waals surface area contributed by atoms with Gasteiger partial charge in [-0.25, -0.2) is 4.39 Å². The van der Waals surface area contributed by atoms with Crippen LogP contribution in [-0.2, 0) is 0 Å². The van der Waals surface area contributed by atoms with E-state index in [4.69, 9.17) is 10.0 Å². The average Bonchev–Trinajstić information content (AvgIpc) is 2.16. The van der Waals surface area contributed by atoms with Crippen molar-refractivity contribution in [2.45, 2.75) is 0 Å². The van der Waals surface area contributed by atoms with E-state index >= 15 is 0 Å². The Morgan fingerprint density at radius 2 is 2.00 bits per heavy atom. The first kappa shape index (κ1) is 9.11. The summed E-state index contributed by atoms with van der Waals surface area (Å²) in [5, 5.41) is 18.3. The van der Waals surface area contributed by atoms with Crippen LogP contribution in [-0.4, -0.2) is 22.2 Å². The second-order valence-electron chi connectivity index (χ2n) is 2.98. The summed E-state index contributed by atoms with van der Waals surface area (Å²) >= 11 is 0. The minimum atomic E-state index is -1.54. The summed E-state index contributed by atoms with van der Waals surface area (Å²) in [7, 11) is -1.54. The van der Waals surface area contributed by atoms with E-state index in [1.807, 2.05) is 0 Å². The molecule has 0 aliphatic carbocycles. The quantitative estimate of drug-likeness (QED) is 0.626. The van der Waals surface area contributed by atoms with Gasteiger partial charge in [0.1, 0.15) is 5.82 Å². The Morgan fingerprint density at radius 1 is 1.21 bits per heavy atom. The number of hydrogen-bond donors (Lipinski definition) is 2. The molecule has 0 amide bonds. The van der Waals surface area contributed by atoms with E-state index in [2.05, 4.69) is 4.98 Å². The van der Waals surface area contributed by atoms with Crippen LogP contribution < -0.4 is 5.46 Å². The van der Waals surface area contributed by atoms with Crippen molar-refractivity contribution in [3.05, 3.63) is 36.3 Å². The Hall–Kier alpha value is -1.46. The fourth-order valence-electron chi connectivity index (χ4n) is 1.28. The molecule has 0 saturated heterocycles. The van der Waals surface area contributed by atoms with Gasteiger partial charge in [0.25, 0.3) is 0 Å². The van der Waals surface area contributed by atoms with Crippen molar-refractivity contribution in [1.29, 1.82) is 0 Å². The first-order valence-corrected chi connectivity index (χ1v) is 4.08. The maximum Gasteiger partial charge on any atom is 0.488 e. The van der Waals surface area contributed by atoms with Gasteiger partial charge < -0.3 is 10.0 Å². The van der Waals surface area contributed by atoms with E-state index in [1.54, 1.807) is 6.07 Å². The molecule has 0 fully saturated rings. The summed E-state index contributed by atoms with van der Waals surface area (Å²) in [4.78, 5) is 3.84. The van der Waals surface area contributed by atoms with Crippen LogP contribution >= 0.6 is 0 Å². The van der Waals surface area contributed by atoms with E-state index in [1.165, 1.54) is 18.2 Å². The van der Waals surface area contributed by atoms with Crippen LogP contribution in [0.2, 0.25) is 0 Å². The number of halogens is 1. The zero-order valence-electron chi connectivity index (χ0n) is 7.18. The zero-order valence-corrected chi connectivity index (χ0v) is 7.18. The van der Waals surface area contributed by atoms with Gasteiger partial charge in [0.05, 0.1) is 11.7 Å². The van der Waals surface area contributed by atoms with Gasteiger partial charge in [0.15, 0.2) is 0 Å². The van der Waals surface area contributed by atoms with Gasteiger partial charge in [-0.2, -0.15) is 0 Å². The SMILES string of the molecule is OB(O)c1ccc2ncc(F)cc2c1. The minimum absolute atomic E-state index is 0.324. The van der Waals surface area contributed by atoms with Crippen molar-refractivity contribution in [2.24, 2.45) is 0 Å². The van der Waals surface area contributed by atoms with Crippen molar-refractivity contribution in [3.63, 3.8) is 0 Å². The number of rotatable bonds is 1. The molecule has 2 aromatic rings. The summed E-state index contributed by atoms with van der Waals surface area (Å²) in [6.07, 6.45) is 1.12. The molecule has 2 N–H and O–H groups in total. The maximum absolute atomic E-state index is 12.8. The van der Waals surface area contributed by atoms with Crippen LogP contribution in [0.1, 0.15) is 0 Å². The van der Waals surface area contributed by atoms with E-state index in [0.29, 0.717) is 16.4 Å².